The van der Waals surface area contributed by atoms with E-state index in [1.165, 1.54) is 24.2 Å². The summed E-state index contributed by atoms with van der Waals surface area (Å²) in [6.45, 7) is 1.93. The largest absolute Gasteiger partial charge is 0.343 e. The monoisotopic (exact) mass is 249 g/mol. The predicted molar refractivity (Wildman–Crippen MR) is 72.2 cm³/mol. The van der Waals surface area contributed by atoms with Crippen molar-refractivity contribution in [3.63, 3.8) is 0 Å². The quantitative estimate of drug-likeness (QED) is 0.764. The molecule has 0 unspecified atom stereocenters. The van der Waals surface area contributed by atoms with Crippen molar-refractivity contribution in [2.24, 2.45) is 0 Å². The summed E-state index contributed by atoms with van der Waals surface area (Å²) >= 11 is 1.77. The Balaban J connectivity index is 1.69. The summed E-state index contributed by atoms with van der Waals surface area (Å²) in [6, 6.07) is 10.3. The zero-order valence-electron chi connectivity index (χ0n) is 10.1. The van der Waals surface area contributed by atoms with Crippen molar-refractivity contribution >= 4 is 17.7 Å². The Morgan fingerprint density at radius 2 is 1.82 bits per heavy atom. The smallest absolute Gasteiger partial charge is 0.223 e. The summed E-state index contributed by atoms with van der Waals surface area (Å²) in [5.74, 6) is 1.22. The normalized spacial score (nSPS) is 15.9. The molecule has 17 heavy (non-hydrogen) atoms. The summed E-state index contributed by atoms with van der Waals surface area (Å²) in [5.41, 5.74) is 0. The first-order valence-electron chi connectivity index (χ1n) is 6.32. The fourth-order valence-corrected chi connectivity index (χ4v) is 2.94. The minimum Gasteiger partial charge on any atom is -0.343 e. The number of rotatable bonds is 4. The van der Waals surface area contributed by atoms with Crippen LogP contribution in [0.4, 0.5) is 0 Å². The van der Waals surface area contributed by atoms with Gasteiger partial charge in [0.05, 0.1) is 0 Å². The first kappa shape index (κ1) is 12.5. The molecule has 2 nitrogen and oxygen atoms in total. The first-order chi connectivity index (χ1) is 8.36. The Labute approximate surface area is 107 Å². The van der Waals surface area contributed by atoms with E-state index in [0.717, 1.165) is 18.8 Å². The number of thioether (sulfide) groups is 1. The SMILES string of the molecule is O=C(CCSc1ccccc1)N1CCCCC1. The average molecular weight is 249 g/mol. The van der Waals surface area contributed by atoms with E-state index in [2.05, 4.69) is 12.1 Å². The Hall–Kier alpha value is -0.960. The van der Waals surface area contributed by atoms with Crippen LogP contribution in [0.5, 0.6) is 0 Å². The molecule has 1 fully saturated rings. The van der Waals surface area contributed by atoms with Gasteiger partial charge in [-0.25, -0.2) is 0 Å². The first-order valence-corrected chi connectivity index (χ1v) is 7.30. The lowest BCUT2D eigenvalue weighted by Crippen LogP contribution is -2.35. The van der Waals surface area contributed by atoms with Crippen LogP contribution in [0.2, 0.25) is 0 Å². The Morgan fingerprint density at radius 3 is 2.53 bits per heavy atom. The molecule has 1 saturated heterocycles. The van der Waals surface area contributed by atoms with E-state index < -0.39 is 0 Å². The van der Waals surface area contributed by atoms with E-state index in [1.807, 2.05) is 23.1 Å². The summed E-state index contributed by atoms with van der Waals surface area (Å²) < 4.78 is 0. The van der Waals surface area contributed by atoms with Gasteiger partial charge in [0.15, 0.2) is 0 Å². The summed E-state index contributed by atoms with van der Waals surface area (Å²) in [5, 5.41) is 0. The van der Waals surface area contributed by atoms with Gasteiger partial charge in [-0.15, -0.1) is 11.8 Å². The molecule has 0 spiro atoms. The number of piperidine rings is 1. The molecule has 0 bridgehead atoms. The number of amides is 1. The van der Waals surface area contributed by atoms with Crippen molar-refractivity contribution in [2.45, 2.75) is 30.6 Å². The van der Waals surface area contributed by atoms with Gasteiger partial charge in [0.25, 0.3) is 0 Å². The lowest BCUT2D eigenvalue weighted by atomic mass is 10.1. The van der Waals surface area contributed by atoms with Crippen LogP contribution in [0, 0.1) is 0 Å². The molecule has 1 heterocycles. The topological polar surface area (TPSA) is 20.3 Å². The van der Waals surface area contributed by atoms with Gasteiger partial charge in [-0.3, -0.25) is 4.79 Å². The van der Waals surface area contributed by atoms with E-state index >= 15 is 0 Å². The minimum absolute atomic E-state index is 0.327. The van der Waals surface area contributed by atoms with Crippen LogP contribution >= 0.6 is 11.8 Å². The third kappa shape index (κ3) is 4.08. The lowest BCUT2D eigenvalue weighted by molar-refractivity contribution is -0.131. The van der Waals surface area contributed by atoms with Gasteiger partial charge in [-0.2, -0.15) is 0 Å². The molecule has 92 valence electrons. The highest BCUT2D eigenvalue weighted by atomic mass is 32.2. The Morgan fingerprint density at radius 1 is 1.12 bits per heavy atom. The van der Waals surface area contributed by atoms with Crippen molar-refractivity contribution < 1.29 is 4.79 Å². The van der Waals surface area contributed by atoms with E-state index in [1.54, 1.807) is 11.8 Å². The number of hydrogen-bond donors (Lipinski definition) is 0. The second kappa shape index (κ2) is 6.70. The molecule has 0 saturated carbocycles. The zero-order chi connectivity index (χ0) is 11.9. The molecule has 0 aromatic heterocycles. The summed E-state index contributed by atoms with van der Waals surface area (Å²) in [7, 11) is 0. The zero-order valence-corrected chi connectivity index (χ0v) is 10.9. The number of carbonyl (C=O) groups is 1. The lowest BCUT2D eigenvalue weighted by Gasteiger charge is -2.26. The number of nitrogens with zero attached hydrogens (tertiary/aromatic N) is 1. The molecule has 1 aliphatic heterocycles. The third-order valence-electron chi connectivity index (χ3n) is 3.04. The van der Waals surface area contributed by atoms with Gasteiger partial charge in [0, 0.05) is 30.2 Å². The molecule has 1 amide bonds. The van der Waals surface area contributed by atoms with Gasteiger partial charge < -0.3 is 4.90 Å². The third-order valence-corrected chi connectivity index (χ3v) is 4.05. The number of likely N-dealkylation sites (tertiary alicyclic amines) is 1. The van der Waals surface area contributed by atoms with Crippen LogP contribution in [0.3, 0.4) is 0 Å². The van der Waals surface area contributed by atoms with Crippen molar-refractivity contribution in [2.75, 3.05) is 18.8 Å². The van der Waals surface area contributed by atoms with Crippen LogP contribution in [-0.2, 0) is 4.79 Å². The molecule has 1 aliphatic rings. The fraction of sp³-hybridized carbons (Fsp3) is 0.500. The predicted octanol–water partition coefficient (Wildman–Crippen LogP) is 3.18. The molecule has 0 aliphatic carbocycles. The van der Waals surface area contributed by atoms with Gasteiger partial charge >= 0.3 is 0 Å². The molecular weight excluding hydrogens is 230 g/mol. The number of benzene rings is 1. The number of carbonyl (C=O) groups excluding carboxylic acids is 1. The van der Waals surface area contributed by atoms with Crippen LogP contribution in [0.1, 0.15) is 25.7 Å². The maximum absolute atomic E-state index is 11.9. The van der Waals surface area contributed by atoms with Gasteiger partial charge in [-0.05, 0) is 31.4 Å². The molecule has 3 heteroatoms. The highest BCUT2D eigenvalue weighted by Gasteiger charge is 2.15. The van der Waals surface area contributed by atoms with Crippen molar-refractivity contribution in [1.82, 2.24) is 4.90 Å². The minimum atomic E-state index is 0.327. The highest BCUT2D eigenvalue weighted by molar-refractivity contribution is 7.99. The number of hydrogen-bond acceptors (Lipinski definition) is 2. The van der Waals surface area contributed by atoms with Crippen molar-refractivity contribution in [3.8, 4) is 0 Å². The Bertz CT molecular complexity index is 346. The molecule has 2 rings (SSSR count). The van der Waals surface area contributed by atoms with Crippen molar-refractivity contribution in [3.05, 3.63) is 30.3 Å². The summed E-state index contributed by atoms with van der Waals surface area (Å²) in [6.07, 6.45) is 4.30. The molecular formula is C14H19NOS. The van der Waals surface area contributed by atoms with Crippen LogP contribution in [-0.4, -0.2) is 29.6 Å². The van der Waals surface area contributed by atoms with Crippen LogP contribution < -0.4 is 0 Å². The van der Waals surface area contributed by atoms with Gasteiger partial charge in [0.2, 0.25) is 5.91 Å². The van der Waals surface area contributed by atoms with Gasteiger partial charge in [-0.1, -0.05) is 18.2 Å². The second-order valence-electron chi connectivity index (χ2n) is 4.35. The van der Waals surface area contributed by atoms with Crippen LogP contribution in [0.15, 0.2) is 35.2 Å². The maximum atomic E-state index is 11.9. The van der Waals surface area contributed by atoms with E-state index in [4.69, 9.17) is 0 Å². The highest BCUT2D eigenvalue weighted by Crippen LogP contribution is 2.18. The molecule has 0 N–H and O–H groups in total. The van der Waals surface area contributed by atoms with Crippen molar-refractivity contribution in [1.29, 1.82) is 0 Å². The molecule has 1 aromatic carbocycles. The fourth-order valence-electron chi connectivity index (χ4n) is 2.07. The van der Waals surface area contributed by atoms with E-state index in [0.29, 0.717) is 12.3 Å². The standard InChI is InChI=1S/C14H19NOS/c16-14(15-10-5-2-6-11-15)9-12-17-13-7-3-1-4-8-13/h1,3-4,7-8H,2,5-6,9-12H2. The van der Waals surface area contributed by atoms with Gasteiger partial charge in [0.1, 0.15) is 0 Å². The van der Waals surface area contributed by atoms with E-state index in [9.17, 15) is 4.79 Å². The van der Waals surface area contributed by atoms with E-state index in [-0.39, 0.29) is 0 Å². The van der Waals surface area contributed by atoms with Crippen LogP contribution in [0.25, 0.3) is 0 Å². The molecule has 1 aromatic rings. The maximum Gasteiger partial charge on any atom is 0.223 e. The Kier molecular flexibility index (Phi) is 4.92. The summed E-state index contributed by atoms with van der Waals surface area (Å²) in [4.78, 5) is 15.2. The molecule has 0 radical (unpaired) electrons. The second-order valence-corrected chi connectivity index (χ2v) is 5.52. The average Bonchev–Trinajstić information content (AvgIpc) is 2.41. The molecule has 0 atom stereocenters.